The summed E-state index contributed by atoms with van der Waals surface area (Å²) in [4.78, 5) is 10.9. The van der Waals surface area contributed by atoms with Crippen molar-refractivity contribution in [2.75, 3.05) is 0 Å². The molecule has 0 saturated carbocycles. The van der Waals surface area contributed by atoms with Crippen LogP contribution in [0.5, 0.6) is 0 Å². The van der Waals surface area contributed by atoms with Crippen LogP contribution in [0.1, 0.15) is 32.1 Å². The minimum atomic E-state index is -1.02. The van der Waals surface area contributed by atoms with E-state index in [0.29, 0.717) is 12.3 Å². The van der Waals surface area contributed by atoms with Crippen molar-refractivity contribution in [3.05, 3.63) is 59.2 Å². The first kappa shape index (κ1) is 20.4. The summed E-state index contributed by atoms with van der Waals surface area (Å²) < 4.78 is 0. The van der Waals surface area contributed by atoms with E-state index < -0.39 is 18.1 Å². The molecule has 3 rings (SSSR count). The molecule has 4 N–H and O–H groups in total. The number of aliphatic hydroxyl groups is 1. The molecular formula is C23H27BNO3. The molecule has 28 heavy (non-hydrogen) atoms. The first-order chi connectivity index (χ1) is 13.4. The number of hydrogen-bond acceptors (Lipinski definition) is 3. The molecule has 4 atom stereocenters. The van der Waals surface area contributed by atoms with Crippen LogP contribution in [-0.4, -0.2) is 35.6 Å². The van der Waals surface area contributed by atoms with Gasteiger partial charge in [-0.15, -0.1) is 5.47 Å². The number of aliphatic hydroxyl groups excluding tert-OH is 1. The summed E-state index contributed by atoms with van der Waals surface area (Å²) in [6.45, 7) is 4.09. The number of carboxylic acids is 1. The third-order valence-corrected chi connectivity index (χ3v) is 5.59. The van der Waals surface area contributed by atoms with Crippen LogP contribution in [0, 0.1) is 23.7 Å². The summed E-state index contributed by atoms with van der Waals surface area (Å²) in [5.74, 6) is 5.54. The minimum absolute atomic E-state index is 0.0530. The predicted molar refractivity (Wildman–Crippen MR) is 113 cm³/mol. The van der Waals surface area contributed by atoms with Gasteiger partial charge in [0.15, 0.2) is 0 Å². The van der Waals surface area contributed by atoms with Gasteiger partial charge in [-0.3, -0.25) is 4.79 Å². The van der Waals surface area contributed by atoms with Crippen molar-refractivity contribution in [1.29, 1.82) is 0 Å². The Balaban J connectivity index is 1.65. The summed E-state index contributed by atoms with van der Waals surface area (Å²) in [7, 11) is 2.26. The smallest absolute Gasteiger partial charge is 0.320 e. The van der Waals surface area contributed by atoms with Gasteiger partial charge in [0, 0.05) is 17.9 Å². The number of hydrogen-bond donors (Lipinski definition) is 3. The molecule has 5 heteroatoms. The lowest BCUT2D eigenvalue weighted by Gasteiger charge is -2.31. The molecule has 0 bridgehead atoms. The largest absolute Gasteiger partial charge is 0.480 e. The van der Waals surface area contributed by atoms with E-state index in [1.54, 1.807) is 0 Å². The van der Waals surface area contributed by atoms with Gasteiger partial charge < -0.3 is 15.9 Å². The Labute approximate surface area is 167 Å². The van der Waals surface area contributed by atoms with E-state index in [-0.39, 0.29) is 12.3 Å². The summed E-state index contributed by atoms with van der Waals surface area (Å²) >= 11 is 0. The van der Waals surface area contributed by atoms with Crippen LogP contribution >= 0.6 is 0 Å². The maximum Gasteiger partial charge on any atom is 0.320 e. The van der Waals surface area contributed by atoms with Gasteiger partial charge >= 0.3 is 5.97 Å². The third kappa shape index (κ3) is 5.16. The summed E-state index contributed by atoms with van der Waals surface area (Å²) in [6.07, 6.45) is 14.7. The molecule has 0 aromatic rings. The number of nitrogens with two attached hydrogens (primary N) is 1. The average molecular weight is 376 g/mol. The molecule has 0 aromatic carbocycles. The molecule has 4 nitrogen and oxygen atoms in total. The number of carbonyl (C=O) groups is 1. The minimum Gasteiger partial charge on any atom is -0.480 e. The Bertz CT molecular complexity index is 825. The fraction of sp³-hybridized carbons (Fsp3) is 0.435. The van der Waals surface area contributed by atoms with Crippen LogP contribution < -0.4 is 5.73 Å². The molecule has 1 aliphatic heterocycles. The Morgan fingerprint density at radius 3 is 2.93 bits per heavy atom. The molecule has 0 spiro atoms. The number of carboxylic acid groups (broad SMARTS) is 1. The maximum absolute atomic E-state index is 10.9. The molecule has 0 aromatic heterocycles. The third-order valence-electron chi connectivity index (χ3n) is 5.59. The zero-order chi connectivity index (χ0) is 20.1. The molecular weight excluding hydrogens is 349 g/mol. The van der Waals surface area contributed by atoms with Gasteiger partial charge in [0.25, 0.3) is 0 Å². The Morgan fingerprint density at radius 1 is 1.46 bits per heavy atom. The Morgan fingerprint density at radius 2 is 2.29 bits per heavy atom. The lowest BCUT2D eigenvalue weighted by atomic mass is 9.62. The molecule has 0 amide bonds. The van der Waals surface area contributed by atoms with Crippen molar-refractivity contribution < 1.29 is 15.0 Å². The zero-order valence-corrected chi connectivity index (χ0v) is 16.1. The van der Waals surface area contributed by atoms with Crippen LogP contribution in [0.3, 0.4) is 0 Å². The van der Waals surface area contributed by atoms with Gasteiger partial charge in [0.2, 0.25) is 0 Å². The van der Waals surface area contributed by atoms with Crippen molar-refractivity contribution >= 4 is 13.2 Å². The van der Waals surface area contributed by atoms with Gasteiger partial charge in [0.1, 0.15) is 13.3 Å². The Kier molecular flexibility index (Phi) is 6.77. The van der Waals surface area contributed by atoms with Crippen molar-refractivity contribution in [3.63, 3.8) is 0 Å². The SMILES string of the molecule is C=C1CC(CCC2=CC=CC[B]2)C=C([C@H]2C#CC(CC(N)C(=O)O)=CC2)C1O. The van der Waals surface area contributed by atoms with Crippen LogP contribution in [0.2, 0.25) is 6.32 Å². The second kappa shape index (κ2) is 9.27. The summed E-state index contributed by atoms with van der Waals surface area (Å²) in [6, 6.07) is -0.929. The number of rotatable bonds is 7. The van der Waals surface area contributed by atoms with E-state index in [1.165, 1.54) is 5.47 Å². The standard InChI is InChI=1S/C23H27BNO3/c1-15-12-17(7-10-19-4-2-3-11-24-19)13-20(22(15)26)18-8-5-16(6-9-18)14-21(25)23(27)28/h2-5,13,17-18,21-22,26H,1,7-8,10-12,14,25H2,(H,27,28)/t17?,18-,21?,22?/m1/s1. The van der Waals surface area contributed by atoms with Gasteiger partial charge in [-0.05, 0) is 42.7 Å². The molecule has 1 radical (unpaired) electrons. The first-order valence-electron chi connectivity index (χ1n) is 9.89. The van der Waals surface area contributed by atoms with Crippen molar-refractivity contribution in [1.82, 2.24) is 0 Å². The molecule has 0 fully saturated rings. The van der Waals surface area contributed by atoms with E-state index in [9.17, 15) is 9.90 Å². The summed E-state index contributed by atoms with van der Waals surface area (Å²) in [5.41, 5.74) is 9.52. The van der Waals surface area contributed by atoms with Gasteiger partial charge in [-0.1, -0.05) is 55.1 Å². The second-order valence-electron chi connectivity index (χ2n) is 7.78. The van der Waals surface area contributed by atoms with E-state index >= 15 is 0 Å². The van der Waals surface area contributed by atoms with Gasteiger partial charge in [-0.25, -0.2) is 0 Å². The van der Waals surface area contributed by atoms with Crippen molar-refractivity contribution in [3.8, 4) is 11.8 Å². The van der Waals surface area contributed by atoms with E-state index in [4.69, 9.17) is 10.8 Å². The highest BCUT2D eigenvalue weighted by Gasteiger charge is 2.29. The zero-order valence-electron chi connectivity index (χ0n) is 16.1. The van der Waals surface area contributed by atoms with Crippen LogP contribution in [0.4, 0.5) is 0 Å². The van der Waals surface area contributed by atoms with Crippen LogP contribution in [0.15, 0.2) is 59.2 Å². The van der Waals surface area contributed by atoms with E-state index in [0.717, 1.165) is 42.3 Å². The maximum atomic E-state index is 10.9. The number of allylic oxidation sites excluding steroid dienone is 6. The van der Waals surface area contributed by atoms with Crippen molar-refractivity contribution in [2.24, 2.45) is 17.6 Å². The highest BCUT2D eigenvalue weighted by molar-refractivity contribution is 6.46. The highest BCUT2D eigenvalue weighted by atomic mass is 16.4. The summed E-state index contributed by atoms with van der Waals surface area (Å²) in [5, 5.41) is 19.6. The molecule has 2 aliphatic carbocycles. The quantitative estimate of drug-likeness (QED) is 0.362. The lowest BCUT2D eigenvalue weighted by molar-refractivity contribution is -0.138. The fourth-order valence-corrected chi connectivity index (χ4v) is 3.92. The van der Waals surface area contributed by atoms with E-state index in [2.05, 4.69) is 50.0 Å². The Hall–Kier alpha value is -2.29. The normalized spacial score (nSPS) is 27.6. The monoisotopic (exact) mass is 376 g/mol. The molecule has 1 heterocycles. The average Bonchev–Trinajstić information content (AvgIpc) is 2.70. The van der Waals surface area contributed by atoms with Crippen LogP contribution in [0.25, 0.3) is 0 Å². The van der Waals surface area contributed by atoms with E-state index in [1.807, 2.05) is 6.08 Å². The van der Waals surface area contributed by atoms with Gasteiger partial charge in [0.05, 0.1) is 6.10 Å². The van der Waals surface area contributed by atoms with Gasteiger partial charge in [-0.2, -0.15) is 0 Å². The molecule has 0 saturated heterocycles. The highest BCUT2D eigenvalue weighted by Crippen LogP contribution is 2.36. The fourth-order valence-electron chi connectivity index (χ4n) is 3.92. The first-order valence-corrected chi connectivity index (χ1v) is 9.89. The predicted octanol–water partition coefficient (Wildman–Crippen LogP) is 2.96. The second-order valence-corrected chi connectivity index (χ2v) is 7.78. The topological polar surface area (TPSA) is 83.6 Å². The van der Waals surface area contributed by atoms with Crippen LogP contribution in [-0.2, 0) is 4.79 Å². The van der Waals surface area contributed by atoms with Crippen molar-refractivity contribution in [2.45, 2.75) is 50.6 Å². The number of aliphatic carboxylic acids is 1. The molecule has 3 unspecified atom stereocenters. The molecule has 3 aliphatic rings. The molecule has 145 valence electrons. The lowest BCUT2D eigenvalue weighted by Crippen LogP contribution is -2.30.